The Hall–Kier alpha value is -0.730. The van der Waals surface area contributed by atoms with Crippen molar-refractivity contribution in [1.29, 1.82) is 0 Å². The number of halogens is 1. The molecule has 0 aliphatic carbocycles. The topological polar surface area (TPSA) is 23.5 Å². The third kappa shape index (κ3) is 2.93. The molecule has 2 atom stereocenters. The normalized spacial score (nSPS) is 26.1. The molecule has 1 aromatic rings. The standard InChI is InChI=1S/C14H20ClNO/c1-10-4-3-5-11(2)16(10)9-12-6-7-14(17)13(15)8-12/h6-8,10-11,17H,3-5,9H2,1-2H3. The Labute approximate surface area is 108 Å². The molecule has 0 aromatic heterocycles. The second-order valence-electron chi connectivity index (χ2n) is 5.09. The molecular formula is C14H20ClNO. The van der Waals surface area contributed by atoms with E-state index in [0.717, 1.165) is 6.54 Å². The number of nitrogens with zero attached hydrogens (tertiary/aromatic N) is 1. The maximum absolute atomic E-state index is 9.41. The van der Waals surface area contributed by atoms with E-state index in [4.69, 9.17) is 11.6 Å². The van der Waals surface area contributed by atoms with Crippen LogP contribution in [-0.2, 0) is 6.54 Å². The molecular weight excluding hydrogens is 234 g/mol. The first-order valence-corrected chi connectivity index (χ1v) is 6.69. The van der Waals surface area contributed by atoms with Gasteiger partial charge in [0.25, 0.3) is 0 Å². The van der Waals surface area contributed by atoms with Crippen molar-refractivity contribution in [2.75, 3.05) is 0 Å². The Morgan fingerprint density at radius 2 is 1.94 bits per heavy atom. The smallest absolute Gasteiger partial charge is 0.134 e. The number of rotatable bonds is 2. The first-order valence-electron chi connectivity index (χ1n) is 6.31. The first-order chi connectivity index (χ1) is 8.08. The number of hydrogen-bond acceptors (Lipinski definition) is 2. The molecule has 1 fully saturated rings. The van der Waals surface area contributed by atoms with E-state index in [1.54, 1.807) is 6.07 Å². The van der Waals surface area contributed by atoms with Crippen molar-refractivity contribution >= 4 is 11.6 Å². The van der Waals surface area contributed by atoms with Crippen molar-refractivity contribution < 1.29 is 5.11 Å². The minimum absolute atomic E-state index is 0.162. The second kappa shape index (κ2) is 5.28. The van der Waals surface area contributed by atoms with E-state index in [1.807, 2.05) is 12.1 Å². The number of benzene rings is 1. The van der Waals surface area contributed by atoms with Crippen molar-refractivity contribution in [3.8, 4) is 5.75 Å². The molecule has 0 bridgehead atoms. The van der Waals surface area contributed by atoms with E-state index in [1.165, 1.54) is 24.8 Å². The van der Waals surface area contributed by atoms with Gasteiger partial charge in [-0.1, -0.05) is 24.1 Å². The molecule has 0 amide bonds. The largest absolute Gasteiger partial charge is 0.506 e. The summed E-state index contributed by atoms with van der Waals surface area (Å²) >= 11 is 5.94. The molecule has 1 heterocycles. The molecule has 2 rings (SSSR count). The molecule has 1 N–H and O–H groups in total. The van der Waals surface area contributed by atoms with Crippen LogP contribution in [0, 0.1) is 0 Å². The third-order valence-electron chi connectivity index (χ3n) is 3.75. The van der Waals surface area contributed by atoms with Crippen molar-refractivity contribution in [2.24, 2.45) is 0 Å². The third-order valence-corrected chi connectivity index (χ3v) is 4.06. The van der Waals surface area contributed by atoms with E-state index >= 15 is 0 Å². The van der Waals surface area contributed by atoms with Crippen molar-refractivity contribution in [1.82, 2.24) is 4.90 Å². The maximum atomic E-state index is 9.41. The molecule has 94 valence electrons. The number of phenols is 1. The Morgan fingerprint density at radius 3 is 2.53 bits per heavy atom. The average Bonchev–Trinajstić information content (AvgIpc) is 2.28. The van der Waals surface area contributed by atoms with Gasteiger partial charge in [0.2, 0.25) is 0 Å². The van der Waals surface area contributed by atoms with Crippen LogP contribution in [0.2, 0.25) is 5.02 Å². The zero-order valence-corrected chi connectivity index (χ0v) is 11.2. The zero-order valence-electron chi connectivity index (χ0n) is 10.5. The van der Waals surface area contributed by atoms with Gasteiger partial charge in [0.05, 0.1) is 5.02 Å². The average molecular weight is 254 g/mol. The predicted molar refractivity (Wildman–Crippen MR) is 71.4 cm³/mol. The van der Waals surface area contributed by atoms with Crippen molar-refractivity contribution in [3.05, 3.63) is 28.8 Å². The molecule has 2 unspecified atom stereocenters. The number of piperidine rings is 1. The lowest BCUT2D eigenvalue weighted by Gasteiger charge is -2.39. The Kier molecular flexibility index (Phi) is 3.95. The van der Waals surface area contributed by atoms with E-state index in [-0.39, 0.29) is 5.75 Å². The zero-order chi connectivity index (χ0) is 12.4. The fourth-order valence-corrected chi connectivity index (χ4v) is 2.85. The van der Waals surface area contributed by atoms with Gasteiger partial charge in [-0.15, -0.1) is 0 Å². The van der Waals surface area contributed by atoms with Gasteiger partial charge in [0.1, 0.15) is 5.75 Å². The predicted octanol–water partition coefficient (Wildman–Crippen LogP) is 3.81. The van der Waals surface area contributed by atoms with E-state index in [0.29, 0.717) is 17.1 Å². The fourth-order valence-electron chi connectivity index (χ4n) is 2.65. The molecule has 1 saturated heterocycles. The van der Waals surface area contributed by atoms with E-state index in [9.17, 15) is 5.11 Å². The highest BCUT2D eigenvalue weighted by Crippen LogP contribution is 2.28. The SMILES string of the molecule is CC1CCCC(C)N1Cc1ccc(O)c(Cl)c1. The molecule has 1 aliphatic rings. The van der Waals surface area contributed by atoms with Gasteiger partial charge in [-0.25, -0.2) is 0 Å². The Morgan fingerprint density at radius 1 is 1.29 bits per heavy atom. The van der Waals surface area contributed by atoms with Gasteiger partial charge in [0.15, 0.2) is 0 Å². The fraction of sp³-hybridized carbons (Fsp3) is 0.571. The first kappa shape index (κ1) is 12.7. The van der Waals surface area contributed by atoms with Gasteiger partial charge >= 0.3 is 0 Å². The minimum Gasteiger partial charge on any atom is -0.506 e. The van der Waals surface area contributed by atoms with Gasteiger partial charge in [-0.2, -0.15) is 0 Å². The van der Waals surface area contributed by atoms with Gasteiger partial charge in [-0.3, -0.25) is 4.90 Å². The van der Waals surface area contributed by atoms with Crippen LogP contribution in [0.4, 0.5) is 0 Å². The molecule has 3 heteroatoms. The van der Waals surface area contributed by atoms with Gasteiger partial charge < -0.3 is 5.11 Å². The highest BCUT2D eigenvalue weighted by Gasteiger charge is 2.24. The van der Waals surface area contributed by atoms with Crippen LogP contribution in [0.1, 0.15) is 38.7 Å². The second-order valence-corrected chi connectivity index (χ2v) is 5.49. The Balaban J connectivity index is 2.10. The van der Waals surface area contributed by atoms with E-state index in [2.05, 4.69) is 18.7 Å². The molecule has 2 nitrogen and oxygen atoms in total. The monoisotopic (exact) mass is 253 g/mol. The molecule has 1 aromatic carbocycles. The Bertz CT molecular complexity index is 384. The summed E-state index contributed by atoms with van der Waals surface area (Å²) in [5, 5.41) is 9.85. The summed E-state index contributed by atoms with van der Waals surface area (Å²) in [6.07, 6.45) is 3.88. The minimum atomic E-state index is 0.162. The molecule has 1 aliphatic heterocycles. The lowest BCUT2D eigenvalue weighted by atomic mass is 9.97. The van der Waals surface area contributed by atoms with Crippen LogP contribution in [0.25, 0.3) is 0 Å². The summed E-state index contributed by atoms with van der Waals surface area (Å²) in [5.74, 6) is 0.162. The summed E-state index contributed by atoms with van der Waals surface area (Å²) in [6.45, 7) is 5.50. The van der Waals surface area contributed by atoms with Crippen LogP contribution in [0.3, 0.4) is 0 Å². The summed E-state index contributed by atoms with van der Waals surface area (Å²) < 4.78 is 0. The summed E-state index contributed by atoms with van der Waals surface area (Å²) in [7, 11) is 0. The lowest BCUT2D eigenvalue weighted by Crippen LogP contribution is -2.42. The van der Waals surface area contributed by atoms with Crippen LogP contribution in [0.15, 0.2) is 18.2 Å². The molecule has 0 radical (unpaired) electrons. The van der Waals surface area contributed by atoms with Crippen molar-refractivity contribution in [2.45, 2.75) is 51.7 Å². The summed E-state index contributed by atoms with van der Waals surface area (Å²) in [4.78, 5) is 2.52. The van der Waals surface area contributed by atoms with Gasteiger partial charge in [0, 0.05) is 18.6 Å². The van der Waals surface area contributed by atoms with Crippen LogP contribution >= 0.6 is 11.6 Å². The lowest BCUT2D eigenvalue weighted by molar-refractivity contribution is 0.0953. The van der Waals surface area contributed by atoms with Crippen LogP contribution < -0.4 is 0 Å². The van der Waals surface area contributed by atoms with Crippen LogP contribution in [-0.4, -0.2) is 22.1 Å². The molecule has 17 heavy (non-hydrogen) atoms. The van der Waals surface area contributed by atoms with Crippen molar-refractivity contribution in [3.63, 3.8) is 0 Å². The highest BCUT2D eigenvalue weighted by atomic mass is 35.5. The molecule has 0 saturated carbocycles. The van der Waals surface area contributed by atoms with Crippen LogP contribution in [0.5, 0.6) is 5.75 Å². The number of likely N-dealkylation sites (tertiary alicyclic amines) is 1. The van der Waals surface area contributed by atoms with Gasteiger partial charge in [-0.05, 0) is 44.4 Å². The molecule has 0 spiro atoms. The number of hydrogen-bond donors (Lipinski definition) is 1. The quantitative estimate of drug-likeness (QED) is 0.867. The summed E-state index contributed by atoms with van der Waals surface area (Å²) in [5.41, 5.74) is 1.17. The summed E-state index contributed by atoms with van der Waals surface area (Å²) in [6, 6.07) is 6.76. The number of aromatic hydroxyl groups is 1. The number of phenolic OH excluding ortho intramolecular Hbond substituents is 1. The van der Waals surface area contributed by atoms with E-state index < -0.39 is 0 Å². The highest BCUT2D eigenvalue weighted by molar-refractivity contribution is 6.32. The maximum Gasteiger partial charge on any atom is 0.134 e.